The van der Waals surface area contributed by atoms with Crippen molar-refractivity contribution in [2.45, 2.75) is 90.5 Å². The van der Waals surface area contributed by atoms with E-state index in [1.165, 1.54) is 6.42 Å². The SMILES string of the molecule is CC1(C)C2CC3OB([C@H](CN=[N+]=[N-])N([Si](C)(C)C)[Si](C)(C)C)O[C@@]3(C)C1C2. The molecule has 4 aliphatic rings. The molecule has 0 amide bonds. The summed E-state index contributed by atoms with van der Waals surface area (Å²) in [4.78, 5) is 3.07. The number of azide groups is 1. The van der Waals surface area contributed by atoms with E-state index in [1.807, 2.05) is 0 Å². The summed E-state index contributed by atoms with van der Waals surface area (Å²) in [5.74, 6) is 1.29. The summed E-state index contributed by atoms with van der Waals surface area (Å²) in [7, 11) is -3.62. The third kappa shape index (κ3) is 3.44. The molecular formula is C18H37BN4O2Si2. The fourth-order valence-electron chi connectivity index (χ4n) is 6.47. The molecule has 1 aliphatic heterocycles. The van der Waals surface area contributed by atoms with Crippen molar-refractivity contribution < 1.29 is 9.31 Å². The summed E-state index contributed by atoms with van der Waals surface area (Å²) < 4.78 is 16.0. The Labute approximate surface area is 167 Å². The first-order chi connectivity index (χ1) is 12.2. The lowest BCUT2D eigenvalue weighted by molar-refractivity contribution is -0.199. The predicted octanol–water partition coefficient (Wildman–Crippen LogP) is 4.90. The van der Waals surface area contributed by atoms with Crippen LogP contribution in [0.25, 0.3) is 10.4 Å². The molecule has 5 atom stereocenters. The van der Waals surface area contributed by atoms with Crippen LogP contribution in [0.5, 0.6) is 0 Å². The fraction of sp³-hybridized carbons (Fsp3) is 1.00. The zero-order chi connectivity index (χ0) is 20.4. The van der Waals surface area contributed by atoms with Gasteiger partial charge in [-0.05, 0) is 42.5 Å². The fourth-order valence-corrected chi connectivity index (χ4v) is 16.9. The lowest BCUT2D eigenvalue weighted by Gasteiger charge is -2.64. The summed E-state index contributed by atoms with van der Waals surface area (Å²) in [6, 6.07) is 0. The van der Waals surface area contributed by atoms with Gasteiger partial charge in [-0.1, -0.05) is 58.2 Å². The molecule has 4 fully saturated rings. The maximum atomic E-state index is 9.00. The normalized spacial score (nSPS) is 36.1. The van der Waals surface area contributed by atoms with E-state index >= 15 is 0 Å². The summed E-state index contributed by atoms with van der Waals surface area (Å²) in [6.07, 6.45) is 2.51. The van der Waals surface area contributed by atoms with Crippen LogP contribution in [-0.4, -0.2) is 52.0 Å². The van der Waals surface area contributed by atoms with Gasteiger partial charge in [0.2, 0.25) is 0 Å². The molecule has 4 rings (SSSR count). The van der Waals surface area contributed by atoms with E-state index in [-0.39, 0.29) is 24.8 Å². The van der Waals surface area contributed by atoms with Crippen molar-refractivity contribution in [1.82, 2.24) is 4.23 Å². The predicted molar refractivity (Wildman–Crippen MR) is 116 cm³/mol. The van der Waals surface area contributed by atoms with Gasteiger partial charge in [0.05, 0.1) is 11.7 Å². The lowest BCUT2D eigenvalue weighted by atomic mass is 9.43. The van der Waals surface area contributed by atoms with Crippen molar-refractivity contribution in [2.75, 3.05) is 6.54 Å². The first-order valence-electron chi connectivity index (χ1n) is 10.4. The standard InChI is InChI=1S/C18H37BN4O2Si2/c1-17(2)13-10-14(17)18(3)15(11-13)24-19(25-18)16(12-21-22-20)23(26(4,5)6)27(7,8)9/h13-16H,10-12H2,1-9H3/t13?,14?,15?,16-,18-/m0/s1. The maximum Gasteiger partial charge on any atom is 0.474 e. The topological polar surface area (TPSA) is 70.5 Å². The average molecular weight is 409 g/mol. The van der Waals surface area contributed by atoms with Crippen LogP contribution in [0, 0.1) is 17.3 Å². The third-order valence-electron chi connectivity index (χ3n) is 7.39. The van der Waals surface area contributed by atoms with Crippen molar-refractivity contribution in [3.05, 3.63) is 10.4 Å². The molecular weight excluding hydrogens is 371 g/mol. The van der Waals surface area contributed by atoms with Gasteiger partial charge in [-0.15, -0.1) is 0 Å². The largest absolute Gasteiger partial charge is 0.474 e. The van der Waals surface area contributed by atoms with Crippen molar-refractivity contribution in [3.63, 3.8) is 0 Å². The van der Waals surface area contributed by atoms with Gasteiger partial charge in [0.1, 0.15) is 16.5 Å². The van der Waals surface area contributed by atoms with Crippen LogP contribution in [0.4, 0.5) is 0 Å². The third-order valence-corrected chi connectivity index (χ3v) is 15.0. The highest BCUT2D eigenvalue weighted by Gasteiger charge is 2.69. The molecule has 1 saturated heterocycles. The zero-order valence-corrected chi connectivity index (χ0v) is 20.6. The Morgan fingerprint density at radius 1 is 1.15 bits per heavy atom. The molecule has 0 spiro atoms. The lowest BCUT2D eigenvalue weighted by Crippen LogP contribution is -2.68. The molecule has 27 heavy (non-hydrogen) atoms. The number of rotatable bonds is 6. The summed E-state index contributed by atoms with van der Waals surface area (Å²) in [5.41, 5.74) is 9.11. The first kappa shape index (κ1) is 21.4. The molecule has 0 radical (unpaired) electrons. The van der Waals surface area contributed by atoms with Crippen molar-refractivity contribution in [3.8, 4) is 0 Å². The molecule has 3 unspecified atom stereocenters. The maximum absolute atomic E-state index is 9.00. The van der Waals surface area contributed by atoms with E-state index in [0.29, 0.717) is 17.9 Å². The number of hydrogen-bond acceptors (Lipinski definition) is 4. The second kappa shape index (κ2) is 6.61. The van der Waals surface area contributed by atoms with Gasteiger partial charge < -0.3 is 13.5 Å². The van der Waals surface area contributed by atoms with Gasteiger partial charge in [-0.3, -0.25) is 0 Å². The van der Waals surface area contributed by atoms with Gasteiger partial charge in [0.25, 0.3) is 0 Å². The Hall–Kier alpha value is -0.311. The smallest absolute Gasteiger partial charge is 0.404 e. The highest BCUT2D eigenvalue weighted by atomic mass is 28.4. The second-order valence-electron chi connectivity index (χ2n) is 11.5. The Kier molecular flexibility index (Phi) is 5.23. The number of hydrogen-bond donors (Lipinski definition) is 0. The second-order valence-corrected chi connectivity index (χ2v) is 21.6. The van der Waals surface area contributed by atoms with E-state index in [2.05, 4.69) is 74.3 Å². The highest BCUT2D eigenvalue weighted by Crippen LogP contribution is 2.65. The van der Waals surface area contributed by atoms with Crippen LogP contribution in [0.3, 0.4) is 0 Å². The van der Waals surface area contributed by atoms with Crippen LogP contribution >= 0.6 is 0 Å². The highest BCUT2D eigenvalue weighted by molar-refractivity contribution is 6.90. The van der Waals surface area contributed by atoms with Crippen molar-refractivity contribution in [2.24, 2.45) is 22.4 Å². The van der Waals surface area contributed by atoms with Crippen LogP contribution in [0.15, 0.2) is 5.11 Å². The minimum absolute atomic E-state index is 0.00182. The van der Waals surface area contributed by atoms with Crippen molar-refractivity contribution in [1.29, 1.82) is 0 Å². The van der Waals surface area contributed by atoms with E-state index in [4.69, 9.17) is 14.8 Å². The van der Waals surface area contributed by atoms with Gasteiger partial charge in [-0.25, -0.2) is 0 Å². The first-order valence-corrected chi connectivity index (χ1v) is 17.3. The van der Waals surface area contributed by atoms with Gasteiger partial charge in [-0.2, -0.15) is 0 Å². The van der Waals surface area contributed by atoms with E-state index in [1.54, 1.807) is 0 Å². The van der Waals surface area contributed by atoms with Gasteiger partial charge in [0.15, 0.2) is 0 Å². The Morgan fingerprint density at radius 3 is 2.22 bits per heavy atom. The van der Waals surface area contributed by atoms with E-state index in [9.17, 15) is 0 Å². The molecule has 152 valence electrons. The molecule has 0 N–H and O–H groups in total. The average Bonchev–Trinajstić information content (AvgIpc) is 2.85. The van der Waals surface area contributed by atoms with Crippen LogP contribution < -0.4 is 0 Å². The van der Waals surface area contributed by atoms with Gasteiger partial charge >= 0.3 is 7.12 Å². The van der Waals surface area contributed by atoms with E-state index < -0.39 is 16.5 Å². The van der Waals surface area contributed by atoms with Gasteiger partial charge in [0, 0.05) is 17.4 Å². The minimum atomic E-state index is -1.66. The van der Waals surface area contributed by atoms with E-state index in [0.717, 1.165) is 12.3 Å². The molecule has 6 nitrogen and oxygen atoms in total. The summed E-state index contributed by atoms with van der Waals surface area (Å²) in [6.45, 7) is 21.7. The molecule has 3 saturated carbocycles. The Balaban J connectivity index is 1.92. The quantitative estimate of drug-likeness (QED) is 0.271. The minimum Gasteiger partial charge on any atom is -0.404 e. The summed E-state index contributed by atoms with van der Waals surface area (Å²) >= 11 is 0. The van der Waals surface area contributed by atoms with Crippen molar-refractivity contribution >= 4 is 23.6 Å². The molecule has 0 aromatic heterocycles. The molecule has 3 aliphatic carbocycles. The molecule has 0 aromatic rings. The van der Waals surface area contributed by atoms with Crippen LogP contribution in [0.2, 0.25) is 39.3 Å². The van der Waals surface area contributed by atoms with Crippen LogP contribution in [-0.2, 0) is 9.31 Å². The molecule has 1 heterocycles. The molecule has 0 aromatic carbocycles. The number of nitrogens with zero attached hydrogens (tertiary/aromatic N) is 4. The molecule has 9 heteroatoms. The Bertz CT molecular complexity index is 630. The molecule has 2 bridgehead atoms. The summed E-state index contributed by atoms with van der Waals surface area (Å²) in [5, 5.41) is 3.99. The monoisotopic (exact) mass is 408 g/mol. The van der Waals surface area contributed by atoms with Crippen LogP contribution in [0.1, 0.15) is 33.6 Å². The Morgan fingerprint density at radius 2 is 1.74 bits per heavy atom. The zero-order valence-electron chi connectivity index (χ0n) is 18.6.